The summed E-state index contributed by atoms with van der Waals surface area (Å²) in [4.78, 5) is 23.2. The number of hydrogen-bond donors (Lipinski definition) is 2. The monoisotopic (exact) mass is 399 g/mol. The van der Waals surface area contributed by atoms with Gasteiger partial charge in [-0.25, -0.2) is 13.1 Å². The zero-order valence-electron chi connectivity index (χ0n) is 13.7. The van der Waals surface area contributed by atoms with Crippen LogP contribution in [0.1, 0.15) is 28.2 Å². The number of carbonyl (C=O) groups is 2. The van der Waals surface area contributed by atoms with Crippen LogP contribution in [0.5, 0.6) is 0 Å². The van der Waals surface area contributed by atoms with Crippen molar-refractivity contribution in [3.63, 3.8) is 0 Å². The molecule has 0 spiro atoms. The first-order valence-electron chi connectivity index (χ1n) is 7.84. The molecule has 2 N–H and O–H groups in total. The topological polar surface area (TPSA) is 134 Å². The number of hydrogen-bond acceptors (Lipinski definition) is 7. The summed E-state index contributed by atoms with van der Waals surface area (Å²) in [6.07, 6.45) is 3.04. The van der Waals surface area contributed by atoms with Gasteiger partial charge in [-0.15, -0.1) is 16.4 Å². The lowest BCUT2D eigenvalue weighted by atomic mass is 10.4. The lowest BCUT2D eigenvalue weighted by Gasteiger charge is -2.15. The lowest BCUT2D eigenvalue weighted by Crippen LogP contribution is -2.30. The molecule has 0 saturated carbocycles. The van der Waals surface area contributed by atoms with Crippen LogP contribution in [0.15, 0.2) is 22.5 Å². The van der Waals surface area contributed by atoms with Gasteiger partial charge in [0.1, 0.15) is 22.0 Å². The summed E-state index contributed by atoms with van der Waals surface area (Å²) in [5.41, 5.74) is 0.375. The standard InChI is InChI=1S/C14H17N5O5S2/c20-12(21)9-18-8-10(16-17-18)7-15-14(22)13-11(3-6-25-13)26(23,24)19-4-1-2-5-19/h3,6,8H,1-2,4-5,7,9H2,(H,15,22)(H,20,21). The molecule has 2 aromatic rings. The molecule has 1 aliphatic rings. The van der Waals surface area contributed by atoms with E-state index in [4.69, 9.17) is 5.11 Å². The maximum Gasteiger partial charge on any atom is 0.325 e. The van der Waals surface area contributed by atoms with Gasteiger partial charge in [0.25, 0.3) is 5.91 Å². The summed E-state index contributed by atoms with van der Waals surface area (Å²) in [6.45, 7) is 0.613. The lowest BCUT2D eigenvalue weighted by molar-refractivity contribution is -0.137. The minimum atomic E-state index is -3.68. The molecule has 3 heterocycles. The molecule has 1 aliphatic heterocycles. The van der Waals surface area contributed by atoms with Gasteiger partial charge in [-0.2, -0.15) is 4.31 Å². The molecule has 0 aromatic carbocycles. The highest BCUT2D eigenvalue weighted by molar-refractivity contribution is 7.89. The van der Waals surface area contributed by atoms with E-state index in [-0.39, 0.29) is 22.9 Å². The number of carboxylic acid groups (broad SMARTS) is 1. The highest BCUT2D eigenvalue weighted by Gasteiger charge is 2.31. The molecule has 1 fully saturated rings. The van der Waals surface area contributed by atoms with Gasteiger partial charge in [0.15, 0.2) is 0 Å². The molecule has 0 atom stereocenters. The largest absolute Gasteiger partial charge is 0.480 e. The summed E-state index contributed by atoms with van der Waals surface area (Å²) >= 11 is 1.06. The smallest absolute Gasteiger partial charge is 0.325 e. The van der Waals surface area contributed by atoms with Crippen molar-refractivity contribution in [3.05, 3.63) is 28.2 Å². The first-order valence-corrected chi connectivity index (χ1v) is 10.2. The minimum absolute atomic E-state index is 0.0106. The first kappa shape index (κ1) is 18.5. The van der Waals surface area contributed by atoms with E-state index in [1.807, 2.05) is 0 Å². The Morgan fingerprint density at radius 3 is 2.73 bits per heavy atom. The predicted octanol–water partition coefficient (Wildman–Crippen LogP) is 0.139. The Kier molecular flexibility index (Phi) is 5.34. The highest BCUT2D eigenvalue weighted by atomic mass is 32.2. The number of nitrogens with zero attached hydrogens (tertiary/aromatic N) is 4. The van der Waals surface area contributed by atoms with Gasteiger partial charge < -0.3 is 10.4 Å². The third-order valence-electron chi connectivity index (χ3n) is 3.83. The van der Waals surface area contributed by atoms with Crippen molar-refractivity contribution in [2.24, 2.45) is 0 Å². The van der Waals surface area contributed by atoms with E-state index in [9.17, 15) is 18.0 Å². The van der Waals surface area contributed by atoms with E-state index in [1.54, 1.807) is 5.38 Å². The SMILES string of the molecule is O=C(O)Cn1cc(CNC(=O)c2sccc2S(=O)(=O)N2CCCC2)nn1. The second-order valence-electron chi connectivity index (χ2n) is 5.71. The van der Waals surface area contributed by atoms with Crippen LogP contribution in [0.3, 0.4) is 0 Å². The van der Waals surface area contributed by atoms with Crippen LogP contribution in [0.2, 0.25) is 0 Å². The quantitative estimate of drug-likeness (QED) is 0.676. The molecule has 0 bridgehead atoms. The van der Waals surface area contributed by atoms with Crippen LogP contribution in [0.4, 0.5) is 0 Å². The molecule has 3 rings (SSSR count). The summed E-state index contributed by atoms with van der Waals surface area (Å²) in [5.74, 6) is -1.58. The summed E-state index contributed by atoms with van der Waals surface area (Å²) in [5, 5.41) is 20.3. The maximum atomic E-state index is 12.7. The molecule has 140 valence electrons. The molecule has 0 aliphatic carbocycles. The summed E-state index contributed by atoms with van der Waals surface area (Å²) < 4.78 is 27.9. The molecule has 1 saturated heterocycles. The van der Waals surface area contributed by atoms with Crippen molar-refractivity contribution in [3.8, 4) is 0 Å². The molecule has 0 unspecified atom stereocenters. The van der Waals surface area contributed by atoms with E-state index in [1.165, 1.54) is 16.6 Å². The second kappa shape index (κ2) is 7.51. The molecule has 2 aromatic heterocycles. The Morgan fingerprint density at radius 1 is 1.31 bits per heavy atom. The van der Waals surface area contributed by atoms with Gasteiger partial charge in [-0.05, 0) is 24.3 Å². The number of carboxylic acids is 1. The van der Waals surface area contributed by atoms with Gasteiger partial charge in [-0.3, -0.25) is 9.59 Å². The Labute approximate surface area is 153 Å². The number of sulfonamides is 1. The van der Waals surface area contributed by atoms with Crippen LogP contribution in [0.25, 0.3) is 0 Å². The molecule has 1 amide bonds. The zero-order chi connectivity index (χ0) is 18.7. The van der Waals surface area contributed by atoms with Gasteiger partial charge >= 0.3 is 5.97 Å². The highest BCUT2D eigenvalue weighted by Crippen LogP contribution is 2.27. The number of aliphatic carboxylic acids is 1. The van der Waals surface area contributed by atoms with Gasteiger partial charge in [0.05, 0.1) is 12.7 Å². The van der Waals surface area contributed by atoms with E-state index < -0.39 is 21.9 Å². The maximum absolute atomic E-state index is 12.7. The van der Waals surface area contributed by atoms with E-state index in [0.717, 1.165) is 28.9 Å². The van der Waals surface area contributed by atoms with Crippen LogP contribution in [0, 0.1) is 0 Å². The minimum Gasteiger partial charge on any atom is -0.480 e. The molecule has 12 heteroatoms. The second-order valence-corrected chi connectivity index (χ2v) is 8.53. The number of amides is 1. The third kappa shape index (κ3) is 3.92. The molecule has 10 nitrogen and oxygen atoms in total. The molecule has 0 radical (unpaired) electrons. The van der Waals surface area contributed by atoms with E-state index in [0.29, 0.717) is 18.8 Å². The van der Waals surface area contributed by atoms with Crippen molar-refractivity contribution in [1.82, 2.24) is 24.6 Å². The fourth-order valence-corrected chi connectivity index (χ4v) is 5.45. The average molecular weight is 399 g/mol. The number of nitrogens with one attached hydrogen (secondary N) is 1. The van der Waals surface area contributed by atoms with Gasteiger partial charge in [-0.1, -0.05) is 5.21 Å². The van der Waals surface area contributed by atoms with Crippen LogP contribution in [-0.2, 0) is 27.9 Å². The number of thiophene rings is 1. The molecular weight excluding hydrogens is 382 g/mol. The van der Waals surface area contributed by atoms with E-state index >= 15 is 0 Å². The molecule has 26 heavy (non-hydrogen) atoms. The molecular formula is C14H17N5O5S2. The van der Waals surface area contributed by atoms with Gasteiger partial charge in [0, 0.05) is 13.1 Å². The van der Waals surface area contributed by atoms with Crippen molar-refractivity contribution in [2.75, 3.05) is 13.1 Å². The van der Waals surface area contributed by atoms with Crippen molar-refractivity contribution >= 4 is 33.2 Å². The number of carbonyl (C=O) groups excluding carboxylic acids is 1. The first-order chi connectivity index (χ1) is 12.4. The Morgan fingerprint density at radius 2 is 2.04 bits per heavy atom. The third-order valence-corrected chi connectivity index (χ3v) is 6.81. The number of rotatable bonds is 7. The van der Waals surface area contributed by atoms with E-state index in [2.05, 4.69) is 15.6 Å². The van der Waals surface area contributed by atoms with Crippen LogP contribution in [-0.4, -0.2) is 57.8 Å². The van der Waals surface area contributed by atoms with Crippen molar-refractivity contribution in [1.29, 1.82) is 0 Å². The Balaban J connectivity index is 1.68. The average Bonchev–Trinajstić information content (AvgIpc) is 3.32. The van der Waals surface area contributed by atoms with Gasteiger partial charge in [0.2, 0.25) is 10.0 Å². The summed E-state index contributed by atoms with van der Waals surface area (Å²) in [6, 6.07) is 1.44. The number of aromatic nitrogens is 3. The predicted molar refractivity (Wildman–Crippen MR) is 91.1 cm³/mol. The fraction of sp³-hybridized carbons (Fsp3) is 0.429. The van der Waals surface area contributed by atoms with Crippen molar-refractivity contribution < 1.29 is 23.1 Å². The van der Waals surface area contributed by atoms with Crippen molar-refractivity contribution in [2.45, 2.75) is 30.8 Å². The Hall–Kier alpha value is -2.31. The van der Waals surface area contributed by atoms with Crippen LogP contribution < -0.4 is 5.32 Å². The Bertz CT molecular complexity index is 914. The fourth-order valence-electron chi connectivity index (χ4n) is 2.62. The summed E-state index contributed by atoms with van der Waals surface area (Å²) in [7, 11) is -3.68. The zero-order valence-corrected chi connectivity index (χ0v) is 15.3. The normalized spacial score (nSPS) is 15.2. The van der Waals surface area contributed by atoms with Crippen LogP contribution >= 0.6 is 11.3 Å².